The Morgan fingerprint density at radius 2 is 2.24 bits per heavy atom. The average molecular weight is 324 g/mol. The normalized spacial score (nSPS) is 32.0. The highest BCUT2D eigenvalue weighted by atomic mass is 31.1. The van der Waals surface area contributed by atoms with E-state index in [1.165, 1.54) is 6.92 Å². The number of aromatic nitrogens is 2. The molecular weight excluding hydrogens is 310 g/mol. The van der Waals surface area contributed by atoms with Crippen LogP contribution in [0, 0.1) is 0 Å². The molecule has 1 aromatic heterocycles. The molecule has 0 bridgehead atoms. The van der Waals surface area contributed by atoms with Gasteiger partial charge in [-0.2, -0.15) is 0 Å². The van der Waals surface area contributed by atoms with E-state index in [1.54, 1.807) is 0 Å². The largest absolute Gasteiger partial charge is 0.391 e. The van der Waals surface area contributed by atoms with Gasteiger partial charge in [0, 0.05) is 12.3 Å². The van der Waals surface area contributed by atoms with Crippen molar-refractivity contribution in [2.75, 3.05) is 0 Å². The molecule has 3 N–H and O–H groups in total. The number of ether oxygens (including phenoxy) is 1. The van der Waals surface area contributed by atoms with Crippen molar-refractivity contribution in [3.63, 3.8) is 0 Å². The summed E-state index contributed by atoms with van der Waals surface area (Å²) in [5.41, 5.74) is -1.57. The fraction of sp³-hybridized carbons (Fsp3) is 0.600. The highest BCUT2D eigenvalue weighted by molar-refractivity contribution is 7.32. The van der Waals surface area contributed by atoms with Crippen LogP contribution in [0.5, 0.6) is 0 Å². The Morgan fingerprint density at radius 1 is 1.57 bits per heavy atom. The van der Waals surface area contributed by atoms with Gasteiger partial charge in [0.25, 0.3) is 5.56 Å². The van der Waals surface area contributed by atoms with Crippen LogP contribution in [-0.4, -0.2) is 44.0 Å². The molecule has 118 valence electrons. The molecule has 1 aromatic rings. The van der Waals surface area contributed by atoms with Gasteiger partial charge in [-0.05, 0) is 6.92 Å². The van der Waals surface area contributed by atoms with Gasteiger partial charge < -0.3 is 19.3 Å². The molecule has 2 heterocycles. The van der Waals surface area contributed by atoms with Crippen molar-refractivity contribution >= 4 is 8.25 Å². The van der Waals surface area contributed by atoms with Crippen molar-refractivity contribution in [2.24, 2.45) is 0 Å². The van der Waals surface area contributed by atoms with E-state index in [-0.39, 0.29) is 0 Å². The van der Waals surface area contributed by atoms with E-state index in [9.17, 15) is 23.7 Å². The zero-order valence-corrected chi connectivity index (χ0v) is 11.8. The number of aromatic amines is 1. The molecule has 0 amide bonds. The maximum atomic E-state index is 14.3. The van der Waals surface area contributed by atoms with Gasteiger partial charge in [0.15, 0.2) is 12.4 Å². The van der Waals surface area contributed by atoms with Crippen molar-refractivity contribution < 1.29 is 28.2 Å². The molecule has 0 aliphatic carbocycles. The minimum absolute atomic E-state index is 0.662. The van der Waals surface area contributed by atoms with Crippen LogP contribution in [0.3, 0.4) is 0 Å². The zero-order chi connectivity index (χ0) is 15.7. The average Bonchev–Trinajstić information content (AvgIpc) is 2.67. The molecule has 5 unspecified atom stereocenters. The number of aliphatic hydroxyl groups is 1. The van der Waals surface area contributed by atoms with E-state index in [2.05, 4.69) is 4.52 Å². The maximum Gasteiger partial charge on any atom is 0.330 e. The molecule has 1 aliphatic rings. The van der Waals surface area contributed by atoms with E-state index in [0.29, 0.717) is 0 Å². The second-order valence-electron chi connectivity index (χ2n) is 4.54. The number of halogens is 1. The maximum absolute atomic E-state index is 14.3. The van der Waals surface area contributed by atoms with Gasteiger partial charge in [0.2, 0.25) is 0 Å². The van der Waals surface area contributed by atoms with Gasteiger partial charge in [-0.15, -0.1) is 0 Å². The molecule has 1 fully saturated rings. The molecule has 0 aromatic carbocycles. The molecule has 0 radical (unpaired) electrons. The van der Waals surface area contributed by atoms with Crippen molar-refractivity contribution in [2.45, 2.75) is 37.6 Å². The van der Waals surface area contributed by atoms with E-state index < -0.39 is 50.2 Å². The third-order valence-corrected chi connectivity index (χ3v) is 3.52. The van der Waals surface area contributed by atoms with Crippen LogP contribution in [-0.2, 0) is 13.8 Å². The molecule has 1 aliphatic heterocycles. The highest BCUT2D eigenvalue weighted by Gasteiger charge is 2.49. The Kier molecular flexibility index (Phi) is 4.74. The van der Waals surface area contributed by atoms with Crippen LogP contribution < -0.4 is 11.2 Å². The Labute approximate surface area is 117 Å². The van der Waals surface area contributed by atoms with E-state index >= 15 is 0 Å². The predicted molar refractivity (Wildman–Crippen MR) is 67.9 cm³/mol. The molecule has 0 spiro atoms. The second-order valence-corrected chi connectivity index (χ2v) is 5.31. The fourth-order valence-corrected chi connectivity index (χ4v) is 2.64. The summed E-state index contributed by atoms with van der Waals surface area (Å²) in [6.45, 7) is 1.29. The van der Waals surface area contributed by atoms with Gasteiger partial charge in [0.1, 0.15) is 12.2 Å². The first-order chi connectivity index (χ1) is 9.81. The van der Waals surface area contributed by atoms with Gasteiger partial charge in [-0.3, -0.25) is 18.9 Å². The Bertz CT molecular complexity index is 645. The fourth-order valence-electron chi connectivity index (χ4n) is 2.14. The third-order valence-electron chi connectivity index (χ3n) is 3.04. The van der Waals surface area contributed by atoms with Gasteiger partial charge >= 0.3 is 13.9 Å². The number of hydrogen-bond donors (Lipinski definition) is 3. The molecule has 9 nitrogen and oxygen atoms in total. The summed E-state index contributed by atoms with van der Waals surface area (Å²) in [7, 11) is -3.46. The van der Waals surface area contributed by atoms with Crippen molar-refractivity contribution in [1.82, 2.24) is 9.55 Å². The summed E-state index contributed by atoms with van der Waals surface area (Å²) in [5.74, 6) is 0. The van der Waals surface area contributed by atoms with Crippen LogP contribution in [0.4, 0.5) is 4.39 Å². The number of hydrogen-bond acceptors (Lipinski definition) is 6. The Balaban J connectivity index is 2.35. The van der Waals surface area contributed by atoms with Crippen molar-refractivity contribution in [3.05, 3.63) is 33.1 Å². The second kappa shape index (κ2) is 6.20. The number of nitrogens with zero attached hydrogens (tertiary/aromatic N) is 1. The minimum atomic E-state index is -3.46. The lowest BCUT2D eigenvalue weighted by atomic mass is 10.1. The quantitative estimate of drug-likeness (QED) is 0.600. The van der Waals surface area contributed by atoms with Crippen molar-refractivity contribution in [3.8, 4) is 0 Å². The zero-order valence-electron chi connectivity index (χ0n) is 10.8. The predicted octanol–water partition coefficient (Wildman–Crippen LogP) is -1.08. The number of H-pyrrole nitrogens is 1. The smallest absolute Gasteiger partial charge is 0.330 e. The van der Waals surface area contributed by atoms with Gasteiger partial charge in [0.05, 0.1) is 6.10 Å². The summed E-state index contributed by atoms with van der Waals surface area (Å²) in [5, 5.41) is 9.54. The molecule has 21 heavy (non-hydrogen) atoms. The molecule has 0 saturated carbocycles. The first-order valence-corrected chi connectivity index (χ1v) is 7.26. The summed E-state index contributed by atoms with van der Waals surface area (Å²) < 4.78 is 35.7. The molecule has 2 rings (SSSR count). The molecule has 6 atom stereocenters. The molecular formula is C10H14FN2O7P. The Hall–Kier alpha value is -1.32. The Morgan fingerprint density at radius 3 is 2.76 bits per heavy atom. The van der Waals surface area contributed by atoms with E-state index in [4.69, 9.17) is 9.63 Å². The number of rotatable bonds is 4. The van der Waals surface area contributed by atoms with Crippen LogP contribution in [0.25, 0.3) is 0 Å². The standard InChI is InChI=1S/C10H14FN2O7P/c1-4(14)7-8(20-21(17)18)6(11)9(19-7)13-3-2-5(15)12-10(13)16/h2-4,6-9,14,21H,1H3,(H,17,18)(H,12,15,16)/t4-,6?,7?,8?,9?/m0/s1. The lowest BCUT2D eigenvalue weighted by Gasteiger charge is -2.19. The summed E-state index contributed by atoms with van der Waals surface area (Å²) in [6.07, 6.45) is -6.37. The van der Waals surface area contributed by atoms with E-state index in [0.717, 1.165) is 16.8 Å². The third kappa shape index (κ3) is 3.30. The topological polar surface area (TPSA) is 131 Å². The summed E-state index contributed by atoms with van der Waals surface area (Å²) in [6, 6.07) is 0.998. The SMILES string of the molecule is C[C@H](O)C1OC(n2ccc(=O)[nH]c2=O)C(F)C1O[PH](=O)O. The lowest BCUT2D eigenvalue weighted by molar-refractivity contribution is -0.0756. The van der Waals surface area contributed by atoms with Crippen LogP contribution in [0.2, 0.25) is 0 Å². The summed E-state index contributed by atoms with van der Waals surface area (Å²) >= 11 is 0. The van der Waals surface area contributed by atoms with Crippen molar-refractivity contribution in [1.29, 1.82) is 0 Å². The molecule has 1 saturated heterocycles. The van der Waals surface area contributed by atoms with Crippen LogP contribution >= 0.6 is 8.25 Å². The molecule has 11 heteroatoms. The van der Waals surface area contributed by atoms with E-state index in [1.807, 2.05) is 4.98 Å². The van der Waals surface area contributed by atoms with Gasteiger partial charge in [-0.1, -0.05) is 0 Å². The lowest BCUT2D eigenvalue weighted by Crippen LogP contribution is -2.37. The minimum Gasteiger partial charge on any atom is -0.391 e. The first kappa shape index (κ1) is 16.1. The monoisotopic (exact) mass is 324 g/mol. The summed E-state index contributed by atoms with van der Waals surface area (Å²) in [4.78, 5) is 33.3. The number of alkyl halides is 1. The van der Waals surface area contributed by atoms with Crippen LogP contribution in [0.1, 0.15) is 13.2 Å². The number of nitrogens with one attached hydrogen (secondary N) is 1. The van der Waals surface area contributed by atoms with Crippen LogP contribution in [0.15, 0.2) is 21.9 Å². The van der Waals surface area contributed by atoms with Gasteiger partial charge in [-0.25, -0.2) is 9.18 Å². The highest BCUT2D eigenvalue weighted by Crippen LogP contribution is 2.38. The first-order valence-electron chi connectivity index (χ1n) is 6.00. The number of aliphatic hydroxyl groups excluding tert-OH is 1.